The van der Waals surface area contributed by atoms with Gasteiger partial charge in [0.1, 0.15) is 5.82 Å². The van der Waals surface area contributed by atoms with Crippen molar-refractivity contribution < 1.29 is 9.18 Å². The lowest BCUT2D eigenvalue weighted by molar-refractivity contribution is 0.0994. The first-order chi connectivity index (χ1) is 15.1. The summed E-state index contributed by atoms with van der Waals surface area (Å²) in [5.74, 6) is 0.981. The molecular weight excluding hydrogens is 522 g/mol. The van der Waals surface area contributed by atoms with Crippen molar-refractivity contribution in [3.63, 3.8) is 0 Å². The zero-order valence-corrected chi connectivity index (χ0v) is 20.8. The second kappa shape index (κ2) is 9.01. The number of rotatable bonds is 7. The standard InChI is InChI=1S/C23H28FIN6O/c1-23(2,3)27-8-4-5-9-31-18(28-19-20(26)29-22(24)30-21(19)31)12-14-10-15-13(11-16(14)25)6-7-17(15)32/h10-11,27H,4-9,12H2,1-3H3,(H2,26,29,30). The molecule has 3 aromatic rings. The largest absolute Gasteiger partial charge is 0.382 e. The van der Waals surface area contributed by atoms with E-state index in [2.05, 4.69) is 69.7 Å². The molecule has 9 heteroatoms. The number of Topliss-reactive ketones (excluding diaryl/α,β-unsaturated/α-hetero) is 1. The number of hydrogen-bond donors (Lipinski definition) is 2. The lowest BCUT2D eigenvalue weighted by Gasteiger charge is -2.20. The van der Waals surface area contributed by atoms with Crippen molar-refractivity contribution in [2.45, 2.75) is 65.0 Å². The lowest BCUT2D eigenvalue weighted by Crippen LogP contribution is -2.36. The van der Waals surface area contributed by atoms with Crippen molar-refractivity contribution in [2.75, 3.05) is 12.3 Å². The van der Waals surface area contributed by atoms with E-state index >= 15 is 0 Å². The second-order valence-corrected chi connectivity index (χ2v) is 10.5. The molecule has 32 heavy (non-hydrogen) atoms. The number of benzene rings is 1. The molecule has 0 amide bonds. The number of aryl methyl sites for hydroxylation is 2. The highest BCUT2D eigenvalue weighted by atomic mass is 127. The number of halogens is 2. The van der Waals surface area contributed by atoms with Gasteiger partial charge in [-0.1, -0.05) is 0 Å². The second-order valence-electron chi connectivity index (χ2n) is 9.31. The molecule has 0 saturated heterocycles. The topological polar surface area (TPSA) is 98.7 Å². The Kier molecular flexibility index (Phi) is 6.49. The van der Waals surface area contributed by atoms with Gasteiger partial charge in [-0.2, -0.15) is 14.4 Å². The molecule has 1 aliphatic carbocycles. The summed E-state index contributed by atoms with van der Waals surface area (Å²) in [6.45, 7) is 7.95. The van der Waals surface area contributed by atoms with E-state index in [9.17, 15) is 9.18 Å². The molecular formula is C23H28FIN6O. The molecule has 0 bridgehead atoms. The van der Waals surface area contributed by atoms with Crippen LogP contribution < -0.4 is 11.1 Å². The van der Waals surface area contributed by atoms with Gasteiger partial charge in [-0.3, -0.25) is 4.79 Å². The van der Waals surface area contributed by atoms with Gasteiger partial charge in [0.15, 0.2) is 22.8 Å². The Bertz CT molecular complexity index is 1180. The van der Waals surface area contributed by atoms with Crippen molar-refractivity contribution in [1.29, 1.82) is 0 Å². The minimum Gasteiger partial charge on any atom is -0.382 e. The van der Waals surface area contributed by atoms with Crippen LogP contribution in [-0.4, -0.2) is 37.4 Å². The number of carbonyl (C=O) groups excluding carboxylic acids is 1. The third-order valence-electron chi connectivity index (χ3n) is 5.68. The van der Waals surface area contributed by atoms with Crippen molar-refractivity contribution in [2.24, 2.45) is 0 Å². The summed E-state index contributed by atoms with van der Waals surface area (Å²) < 4.78 is 17.0. The average molecular weight is 550 g/mol. The van der Waals surface area contributed by atoms with Crippen LogP contribution in [0, 0.1) is 9.65 Å². The first-order valence-electron chi connectivity index (χ1n) is 10.9. The Morgan fingerprint density at radius 3 is 2.72 bits per heavy atom. The smallest absolute Gasteiger partial charge is 0.312 e. The lowest BCUT2D eigenvalue weighted by atomic mass is 10.0. The number of nitrogen functional groups attached to an aromatic ring is 1. The van der Waals surface area contributed by atoms with Crippen LogP contribution in [0.2, 0.25) is 0 Å². The van der Waals surface area contributed by atoms with Gasteiger partial charge in [0.05, 0.1) is 0 Å². The molecule has 4 rings (SSSR count). The van der Waals surface area contributed by atoms with E-state index in [0.29, 0.717) is 30.6 Å². The highest BCUT2D eigenvalue weighted by molar-refractivity contribution is 14.1. The molecule has 2 aromatic heterocycles. The van der Waals surface area contributed by atoms with Gasteiger partial charge < -0.3 is 15.6 Å². The van der Waals surface area contributed by atoms with E-state index < -0.39 is 6.08 Å². The fourth-order valence-electron chi connectivity index (χ4n) is 4.08. The fourth-order valence-corrected chi connectivity index (χ4v) is 4.80. The minimum absolute atomic E-state index is 0.0423. The van der Waals surface area contributed by atoms with Crippen LogP contribution in [0.5, 0.6) is 0 Å². The van der Waals surface area contributed by atoms with Gasteiger partial charge in [-0.05, 0) is 92.4 Å². The molecule has 7 nitrogen and oxygen atoms in total. The molecule has 3 N–H and O–H groups in total. The van der Waals surface area contributed by atoms with Crippen molar-refractivity contribution in [1.82, 2.24) is 24.8 Å². The maximum atomic E-state index is 14.0. The average Bonchev–Trinajstić information content (AvgIpc) is 3.22. The van der Waals surface area contributed by atoms with Crippen LogP contribution in [0.3, 0.4) is 0 Å². The van der Waals surface area contributed by atoms with Crippen LogP contribution in [-0.2, 0) is 19.4 Å². The molecule has 0 fully saturated rings. The predicted molar refractivity (Wildman–Crippen MR) is 131 cm³/mol. The Morgan fingerprint density at radius 2 is 1.97 bits per heavy atom. The Morgan fingerprint density at radius 1 is 1.19 bits per heavy atom. The molecule has 170 valence electrons. The summed E-state index contributed by atoms with van der Waals surface area (Å²) >= 11 is 2.31. The third-order valence-corrected chi connectivity index (χ3v) is 6.68. The molecule has 1 aromatic carbocycles. The number of nitrogens with one attached hydrogen (secondary N) is 1. The summed E-state index contributed by atoms with van der Waals surface area (Å²) in [6, 6.07) is 4.08. The number of anilines is 1. The van der Waals surface area contributed by atoms with Gasteiger partial charge in [-0.15, -0.1) is 0 Å². The van der Waals surface area contributed by atoms with E-state index in [1.165, 1.54) is 0 Å². The summed E-state index contributed by atoms with van der Waals surface area (Å²) in [5, 5.41) is 3.48. The van der Waals surface area contributed by atoms with E-state index in [1.54, 1.807) is 0 Å². The number of imidazole rings is 1. The SMILES string of the molecule is CC(C)(C)NCCCCn1c(Cc2cc3c(cc2I)CCC3=O)nc2c(N)nc(F)nc21. The monoisotopic (exact) mass is 550 g/mol. The number of carbonyl (C=O) groups is 1. The minimum atomic E-state index is -0.852. The van der Waals surface area contributed by atoms with Gasteiger partial charge in [-0.25, -0.2) is 4.98 Å². The van der Waals surface area contributed by atoms with Crippen LogP contribution >= 0.6 is 22.6 Å². The maximum absolute atomic E-state index is 14.0. The number of nitrogens with zero attached hydrogens (tertiary/aromatic N) is 4. The Balaban J connectivity index is 1.64. The van der Waals surface area contributed by atoms with Crippen molar-refractivity contribution in [3.8, 4) is 0 Å². The molecule has 0 atom stereocenters. The van der Waals surface area contributed by atoms with E-state index in [-0.39, 0.29) is 17.1 Å². The maximum Gasteiger partial charge on any atom is 0.312 e. The highest BCUT2D eigenvalue weighted by Gasteiger charge is 2.23. The molecule has 0 unspecified atom stereocenters. The summed E-state index contributed by atoms with van der Waals surface area (Å²) in [5.41, 5.74) is 9.80. The molecule has 0 spiro atoms. The molecule has 1 aliphatic rings. The Hall–Kier alpha value is -2.14. The third kappa shape index (κ3) is 4.93. The number of unbranched alkanes of at least 4 members (excludes halogenated alkanes) is 1. The number of ketones is 1. The first-order valence-corrected chi connectivity index (χ1v) is 12.0. The normalized spacial score (nSPS) is 13.8. The van der Waals surface area contributed by atoms with E-state index in [4.69, 9.17) is 5.73 Å². The Labute approximate surface area is 200 Å². The number of aromatic nitrogens is 4. The van der Waals surface area contributed by atoms with Gasteiger partial charge in [0, 0.05) is 34.1 Å². The van der Waals surface area contributed by atoms with Crippen LogP contribution in [0.1, 0.15) is 67.3 Å². The summed E-state index contributed by atoms with van der Waals surface area (Å²) in [7, 11) is 0. The summed E-state index contributed by atoms with van der Waals surface area (Å²) in [6.07, 6.45) is 2.88. The zero-order valence-electron chi connectivity index (χ0n) is 18.6. The van der Waals surface area contributed by atoms with Crippen molar-refractivity contribution in [3.05, 3.63) is 44.3 Å². The number of fused-ring (bicyclic) bond motifs is 2. The van der Waals surface area contributed by atoms with Gasteiger partial charge in [0.2, 0.25) is 0 Å². The van der Waals surface area contributed by atoms with E-state index in [0.717, 1.165) is 51.9 Å². The predicted octanol–water partition coefficient (Wildman–Crippen LogP) is 4.04. The van der Waals surface area contributed by atoms with Gasteiger partial charge >= 0.3 is 6.08 Å². The summed E-state index contributed by atoms with van der Waals surface area (Å²) in [4.78, 5) is 24.6. The molecule has 2 heterocycles. The van der Waals surface area contributed by atoms with E-state index in [1.807, 2.05) is 10.6 Å². The van der Waals surface area contributed by atoms with Crippen molar-refractivity contribution >= 4 is 45.4 Å². The van der Waals surface area contributed by atoms with Gasteiger partial charge in [0.25, 0.3) is 0 Å². The fraction of sp³-hybridized carbons (Fsp3) is 0.478. The zero-order chi connectivity index (χ0) is 23.0. The quantitative estimate of drug-likeness (QED) is 0.262. The highest BCUT2D eigenvalue weighted by Crippen LogP contribution is 2.29. The molecule has 0 radical (unpaired) electrons. The van der Waals surface area contributed by atoms with Crippen LogP contribution in [0.25, 0.3) is 11.2 Å². The van der Waals surface area contributed by atoms with Crippen LogP contribution in [0.15, 0.2) is 12.1 Å². The number of nitrogens with two attached hydrogens (primary N) is 1. The first kappa shape index (κ1) is 23.0. The van der Waals surface area contributed by atoms with Crippen LogP contribution in [0.4, 0.5) is 10.2 Å². The molecule has 0 saturated carbocycles. The molecule has 0 aliphatic heterocycles. The number of hydrogen-bond acceptors (Lipinski definition) is 6.